The maximum absolute atomic E-state index is 12.9. The minimum atomic E-state index is -4.75. The third kappa shape index (κ3) is 5.17. The average Bonchev–Trinajstić information content (AvgIpc) is 2.68. The van der Waals surface area contributed by atoms with Gasteiger partial charge < -0.3 is 19.7 Å². The molecule has 0 saturated carbocycles. The fourth-order valence-electron chi connectivity index (χ4n) is 3.30. The van der Waals surface area contributed by atoms with Crippen LogP contribution in [0.5, 0.6) is 0 Å². The lowest BCUT2D eigenvalue weighted by Gasteiger charge is -2.35. The number of carbonyl (C=O) groups is 1. The number of para-hydroxylation sites is 1. The Bertz CT molecular complexity index is 918. The second kappa shape index (κ2) is 8.69. The van der Waals surface area contributed by atoms with Gasteiger partial charge >= 0.3 is 6.18 Å². The van der Waals surface area contributed by atoms with E-state index >= 15 is 0 Å². The molecule has 9 heteroatoms. The number of pyridine rings is 1. The highest BCUT2D eigenvalue weighted by molar-refractivity contribution is 5.76. The third-order valence-corrected chi connectivity index (χ3v) is 4.95. The maximum atomic E-state index is 12.9. The van der Waals surface area contributed by atoms with Crippen LogP contribution in [-0.2, 0) is 24.1 Å². The van der Waals surface area contributed by atoms with E-state index in [1.807, 2.05) is 24.3 Å². The molecule has 1 saturated heterocycles. The van der Waals surface area contributed by atoms with Crippen molar-refractivity contribution in [1.82, 2.24) is 14.8 Å². The van der Waals surface area contributed by atoms with Gasteiger partial charge in [-0.3, -0.25) is 9.59 Å². The number of amides is 1. The Morgan fingerprint density at radius 2 is 1.76 bits per heavy atom. The SMILES string of the molecule is CN1CCN(c2ccccc2CNC(=O)Cn2cccc(C(F)(F)F)c2=O)CC1. The van der Waals surface area contributed by atoms with E-state index in [4.69, 9.17) is 0 Å². The van der Waals surface area contributed by atoms with Gasteiger partial charge in [-0.05, 0) is 30.8 Å². The summed E-state index contributed by atoms with van der Waals surface area (Å²) in [6, 6.07) is 9.53. The first-order chi connectivity index (χ1) is 13.8. The fraction of sp³-hybridized carbons (Fsp3) is 0.400. The van der Waals surface area contributed by atoms with Crippen molar-refractivity contribution < 1.29 is 18.0 Å². The van der Waals surface area contributed by atoms with Crippen LogP contribution in [0.3, 0.4) is 0 Å². The lowest BCUT2D eigenvalue weighted by atomic mass is 10.1. The zero-order chi connectivity index (χ0) is 21.0. The number of hydrogen-bond donors (Lipinski definition) is 1. The number of likely N-dealkylation sites (N-methyl/N-ethyl adjacent to an activating group) is 1. The van der Waals surface area contributed by atoms with Crippen LogP contribution in [-0.4, -0.2) is 48.6 Å². The maximum Gasteiger partial charge on any atom is 0.421 e. The Morgan fingerprint density at radius 3 is 2.45 bits per heavy atom. The minimum Gasteiger partial charge on any atom is -0.369 e. The standard InChI is InChI=1S/C20H23F3N4O2/c1-25-9-11-26(12-10-25)17-7-3-2-5-15(17)13-24-18(28)14-27-8-4-6-16(19(27)29)20(21,22)23/h2-8H,9-14H2,1H3,(H,24,28). The van der Waals surface area contributed by atoms with Gasteiger partial charge in [-0.2, -0.15) is 13.2 Å². The molecule has 0 bridgehead atoms. The van der Waals surface area contributed by atoms with E-state index in [9.17, 15) is 22.8 Å². The summed E-state index contributed by atoms with van der Waals surface area (Å²) in [5, 5.41) is 2.70. The summed E-state index contributed by atoms with van der Waals surface area (Å²) in [7, 11) is 2.07. The Kier molecular flexibility index (Phi) is 6.26. The Labute approximate surface area is 166 Å². The molecule has 6 nitrogen and oxygen atoms in total. The largest absolute Gasteiger partial charge is 0.421 e. The van der Waals surface area contributed by atoms with Crippen molar-refractivity contribution in [2.75, 3.05) is 38.1 Å². The van der Waals surface area contributed by atoms with E-state index in [0.29, 0.717) is 6.07 Å². The number of hydrogen-bond acceptors (Lipinski definition) is 4. The number of piperazine rings is 1. The molecule has 3 rings (SSSR count). The van der Waals surface area contributed by atoms with Crippen LogP contribution < -0.4 is 15.8 Å². The summed E-state index contributed by atoms with van der Waals surface area (Å²) < 4.78 is 39.3. The highest BCUT2D eigenvalue weighted by atomic mass is 19.4. The molecule has 156 valence electrons. The molecule has 2 aromatic rings. The summed E-state index contributed by atoms with van der Waals surface area (Å²) in [5.41, 5.74) is -0.569. The van der Waals surface area contributed by atoms with E-state index in [1.165, 1.54) is 6.20 Å². The quantitative estimate of drug-likeness (QED) is 0.822. The van der Waals surface area contributed by atoms with Crippen LogP contribution in [0.1, 0.15) is 11.1 Å². The van der Waals surface area contributed by atoms with Crippen LogP contribution in [0.25, 0.3) is 0 Å². The minimum absolute atomic E-state index is 0.231. The van der Waals surface area contributed by atoms with Gasteiger partial charge in [0.15, 0.2) is 0 Å². The molecule has 0 unspecified atom stereocenters. The van der Waals surface area contributed by atoms with Crippen molar-refractivity contribution in [1.29, 1.82) is 0 Å². The molecule has 29 heavy (non-hydrogen) atoms. The van der Waals surface area contributed by atoms with Crippen molar-refractivity contribution in [3.63, 3.8) is 0 Å². The fourth-order valence-corrected chi connectivity index (χ4v) is 3.30. The molecule has 1 amide bonds. The summed E-state index contributed by atoms with van der Waals surface area (Å²) in [5.74, 6) is -0.528. The number of rotatable bonds is 5. The van der Waals surface area contributed by atoms with Crippen LogP contribution in [0.15, 0.2) is 47.4 Å². The predicted molar refractivity (Wildman–Crippen MR) is 104 cm³/mol. The summed E-state index contributed by atoms with van der Waals surface area (Å²) >= 11 is 0. The smallest absolute Gasteiger partial charge is 0.369 e. The summed E-state index contributed by atoms with van der Waals surface area (Å²) in [6.07, 6.45) is -3.58. The van der Waals surface area contributed by atoms with Gasteiger partial charge in [-0.15, -0.1) is 0 Å². The number of alkyl halides is 3. The normalized spacial score (nSPS) is 15.4. The van der Waals surface area contributed by atoms with E-state index in [-0.39, 0.29) is 6.54 Å². The third-order valence-electron chi connectivity index (χ3n) is 4.95. The Morgan fingerprint density at radius 1 is 1.07 bits per heavy atom. The molecule has 0 spiro atoms. The first-order valence-corrected chi connectivity index (χ1v) is 9.30. The molecule has 1 fully saturated rings. The molecule has 1 aromatic heterocycles. The first kappa shape index (κ1) is 20.9. The molecule has 0 atom stereocenters. The van der Waals surface area contributed by atoms with Gasteiger partial charge in [0.2, 0.25) is 5.91 Å². The van der Waals surface area contributed by atoms with Crippen molar-refractivity contribution in [2.24, 2.45) is 0 Å². The number of aromatic nitrogens is 1. The van der Waals surface area contributed by atoms with Crippen LogP contribution >= 0.6 is 0 Å². The molecule has 0 radical (unpaired) electrons. The zero-order valence-corrected chi connectivity index (χ0v) is 16.1. The van der Waals surface area contributed by atoms with Crippen molar-refractivity contribution >= 4 is 11.6 Å². The number of carbonyl (C=O) groups excluding carboxylic acids is 1. The van der Waals surface area contributed by atoms with Crippen molar-refractivity contribution in [3.05, 3.63) is 64.1 Å². The lowest BCUT2D eigenvalue weighted by molar-refractivity contribution is -0.139. The highest BCUT2D eigenvalue weighted by Gasteiger charge is 2.34. The second-order valence-corrected chi connectivity index (χ2v) is 7.05. The zero-order valence-electron chi connectivity index (χ0n) is 16.1. The monoisotopic (exact) mass is 408 g/mol. The number of halogens is 3. The van der Waals surface area contributed by atoms with Crippen LogP contribution in [0.2, 0.25) is 0 Å². The predicted octanol–water partition coefficient (Wildman–Crippen LogP) is 1.94. The second-order valence-electron chi connectivity index (χ2n) is 7.05. The van der Waals surface area contributed by atoms with E-state index < -0.39 is 29.8 Å². The first-order valence-electron chi connectivity index (χ1n) is 9.30. The molecule has 1 aromatic carbocycles. The Hall–Kier alpha value is -2.81. The Balaban J connectivity index is 1.66. The molecule has 0 aliphatic carbocycles. The molecular formula is C20H23F3N4O2. The number of nitrogens with zero attached hydrogens (tertiary/aromatic N) is 3. The molecule has 2 heterocycles. The molecule has 1 N–H and O–H groups in total. The molecular weight excluding hydrogens is 385 g/mol. The topological polar surface area (TPSA) is 57.6 Å². The molecule has 1 aliphatic rings. The van der Waals surface area contributed by atoms with Crippen molar-refractivity contribution in [3.8, 4) is 0 Å². The van der Waals surface area contributed by atoms with Crippen LogP contribution in [0.4, 0.5) is 18.9 Å². The number of nitrogens with one attached hydrogen (secondary N) is 1. The summed E-state index contributed by atoms with van der Waals surface area (Å²) in [4.78, 5) is 28.7. The van der Waals surface area contributed by atoms with E-state index in [1.54, 1.807) is 0 Å². The van der Waals surface area contributed by atoms with E-state index in [0.717, 1.165) is 48.1 Å². The lowest BCUT2D eigenvalue weighted by Crippen LogP contribution is -2.45. The van der Waals surface area contributed by atoms with Gasteiger partial charge in [0.1, 0.15) is 12.1 Å². The van der Waals surface area contributed by atoms with Gasteiger partial charge in [-0.1, -0.05) is 18.2 Å². The average molecular weight is 408 g/mol. The van der Waals surface area contributed by atoms with Gasteiger partial charge in [0.05, 0.1) is 0 Å². The number of benzene rings is 1. The van der Waals surface area contributed by atoms with E-state index in [2.05, 4.69) is 22.2 Å². The summed E-state index contributed by atoms with van der Waals surface area (Å²) in [6.45, 7) is 3.40. The number of anilines is 1. The van der Waals surface area contributed by atoms with Crippen molar-refractivity contribution in [2.45, 2.75) is 19.3 Å². The molecule has 1 aliphatic heterocycles. The van der Waals surface area contributed by atoms with Crippen LogP contribution in [0, 0.1) is 0 Å². The van der Waals surface area contributed by atoms with Gasteiger partial charge in [0, 0.05) is 44.6 Å². The van der Waals surface area contributed by atoms with Gasteiger partial charge in [0.25, 0.3) is 5.56 Å². The van der Waals surface area contributed by atoms with Gasteiger partial charge in [-0.25, -0.2) is 0 Å². The highest BCUT2D eigenvalue weighted by Crippen LogP contribution is 2.26.